The van der Waals surface area contributed by atoms with Crippen LogP contribution in [0.15, 0.2) is 29.1 Å². The van der Waals surface area contributed by atoms with E-state index in [2.05, 4.69) is 21.9 Å². The topological polar surface area (TPSA) is 74.2 Å². The van der Waals surface area contributed by atoms with Gasteiger partial charge in [-0.1, -0.05) is 11.6 Å². The third-order valence-corrected chi connectivity index (χ3v) is 5.18. The zero-order valence-corrected chi connectivity index (χ0v) is 15.2. The van der Waals surface area contributed by atoms with Gasteiger partial charge in [-0.25, -0.2) is 0 Å². The van der Waals surface area contributed by atoms with Crippen molar-refractivity contribution >= 4 is 10.9 Å². The second-order valence-electron chi connectivity index (χ2n) is 7.01. The van der Waals surface area contributed by atoms with Crippen molar-refractivity contribution in [1.82, 2.24) is 19.7 Å². The smallest absolute Gasteiger partial charge is 0.189 e. The maximum atomic E-state index is 12.4. The molecule has 0 fully saturated rings. The Bertz CT molecular complexity index is 1020. The van der Waals surface area contributed by atoms with Crippen LogP contribution in [0.2, 0.25) is 0 Å². The van der Waals surface area contributed by atoms with Gasteiger partial charge in [0.2, 0.25) is 0 Å². The maximum Gasteiger partial charge on any atom is 0.189 e. The fourth-order valence-corrected chi connectivity index (χ4v) is 3.88. The van der Waals surface area contributed by atoms with E-state index in [9.17, 15) is 9.90 Å². The van der Waals surface area contributed by atoms with Crippen molar-refractivity contribution in [2.75, 3.05) is 6.54 Å². The predicted molar refractivity (Wildman–Crippen MR) is 101 cm³/mol. The van der Waals surface area contributed by atoms with Gasteiger partial charge in [0, 0.05) is 66.5 Å². The summed E-state index contributed by atoms with van der Waals surface area (Å²) in [5.74, 6) is 0. The van der Waals surface area contributed by atoms with Crippen molar-refractivity contribution in [1.29, 1.82) is 0 Å². The monoisotopic (exact) mass is 352 g/mol. The van der Waals surface area contributed by atoms with Gasteiger partial charge < -0.3 is 10.1 Å². The molecule has 6 heteroatoms. The predicted octanol–water partition coefficient (Wildman–Crippen LogP) is 2.10. The summed E-state index contributed by atoms with van der Waals surface area (Å²) in [7, 11) is 0. The molecule has 3 aromatic rings. The SMILES string of the molecule is CCn1nc(CO)c2c1CCN(Cc1cc(=O)c3cc(C)ccc3[nH]1)C2. The first-order valence-electron chi connectivity index (χ1n) is 9.12. The van der Waals surface area contributed by atoms with E-state index in [4.69, 9.17) is 0 Å². The van der Waals surface area contributed by atoms with Crippen molar-refractivity contribution < 1.29 is 5.11 Å². The van der Waals surface area contributed by atoms with Gasteiger partial charge in [-0.3, -0.25) is 14.4 Å². The summed E-state index contributed by atoms with van der Waals surface area (Å²) in [4.78, 5) is 18.1. The summed E-state index contributed by atoms with van der Waals surface area (Å²) >= 11 is 0. The largest absolute Gasteiger partial charge is 0.390 e. The van der Waals surface area contributed by atoms with Gasteiger partial charge in [-0.05, 0) is 26.0 Å². The average Bonchev–Trinajstić information content (AvgIpc) is 2.99. The van der Waals surface area contributed by atoms with Crippen molar-refractivity contribution in [3.8, 4) is 0 Å². The maximum absolute atomic E-state index is 12.4. The molecule has 0 atom stereocenters. The van der Waals surface area contributed by atoms with E-state index in [0.29, 0.717) is 6.54 Å². The number of pyridine rings is 1. The molecule has 0 aliphatic carbocycles. The van der Waals surface area contributed by atoms with Crippen molar-refractivity contribution in [2.24, 2.45) is 0 Å². The Labute approximate surface area is 152 Å². The fourth-order valence-electron chi connectivity index (χ4n) is 3.88. The molecular formula is C20H24N4O2. The number of nitrogens with one attached hydrogen (secondary N) is 1. The number of nitrogens with zero attached hydrogens (tertiary/aromatic N) is 3. The van der Waals surface area contributed by atoms with Crippen LogP contribution in [0.3, 0.4) is 0 Å². The van der Waals surface area contributed by atoms with E-state index in [1.54, 1.807) is 6.07 Å². The summed E-state index contributed by atoms with van der Waals surface area (Å²) in [6.07, 6.45) is 0.910. The third-order valence-electron chi connectivity index (χ3n) is 5.18. The van der Waals surface area contributed by atoms with Crippen LogP contribution in [0.25, 0.3) is 10.9 Å². The number of rotatable bonds is 4. The van der Waals surface area contributed by atoms with Crippen LogP contribution in [-0.4, -0.2) is 31.3 Å². The lowest BCUT2D eigenvalue weighted by Crippen LogP contribution is -2.31. The van der Waals surface area contributed by atoms with Crippen LogP contribution in [0, 0.1) is 6.92 Å². The van der Waals surface area contributed by atoms with E-state index in [0.717, 1.165) is 59.5 Å². The highest BCUT2D eigenvalue weighted by molar-refractivity contribution is 5.79. The lowest BCUT2D eigenvalue weighted by Gasteiger charge is -2.27. The number of aryl methyl sites for hydroxylation is 2. The molecule has 0 saturated heterocycles. The van der Waals surface area contributed by atoms with E-state index in [1.807, 2.05) is 29.8 Å². The summed E-state index contributed by atoms with van der Waals surface area (Å²) in [6.45, 7) is 7.20. The van der Waals surface area contributed by atoms with E-state index < -0.39 is 0 Å². The van der Waals surface area contributed by atoms with Gasteiger partial charge in [-0.2, -0.15) is 5.10 Å². The summed E-state index contributed by atoms with van der Waals surface area (Å²) in [6, 6.07) is 7.62. The number of hydrogen-bond donors (Lipinski definition) is 2. The molecule has 136 valence electrons. The minimum Gasteiger partial charge on any atom is -0.390 e. The molecule has 2 aromatic heterocycles. The lowest BCUT2D eigenvalue weighted by molar-refractivity contribution is 0.234. The Kier molecular flexibility index (Phi) is 4.38. The standard InChI is InChI=1S/C20H24N4O2/c1-3-24-19-6-7-23(11-16(19)18(12-25)22-24)10-14-9-20(26)15-8-13(2)4-5-17(15)21-14/h4-5,8-9,25H,3,6-7,10-12H2,1-2H3,(H,21,26). The van der Waals surface area contributed by atoms with Gasteiger partial charge in [-0.15, -0.1) is 0 Å². The highest BCUT2D eigenvalue weighted by atomic mass is 16.3. The lowest BCUT2D eigenvalue weighted by atomic mass is 10.0. The molecule has 26 heavy (non-hydrogen) atoms. The molecule has 0 radical (unpaired) electrons. The second kappa shape index (κ2) is 6.70. The van der Waals surface area contributed by atoms with Crippen LogP contribution in [0.5, 0.6) is 0 Å². The Morgan fingerprint density at radius 1 is 1.31 bits per heavy atom. The van der Waals surface area contributed by atoms with E-state index in [-0.39, 0.29) is 12.0 Å². The molecule has 6 nitrogen and oxygen atoms in total. The van der Waals surface area contributed by atoms with E-state index >= 15 is 0 Å². The third kappa shape index (κ3) is 2.95. The van der Waals surface area contributed by atoms with Crippen molar-refractivity contribution in [3.05, 3.63) is 62.7 Å². The number of aliphatic hydroxyl groups excluding tert-OH is 1. The zero-order valence-electron chi connectivity index (χ0n) is 15.2. The first kappa shape index (κ1) is 17.0. The Balaban J connectivity index is 1.61. The van der Waals surface area contributed by atoms with Crippen LogP contribution in [-0.2, 0) is 32.7 Å². The summed E-state index contributed by atoms with van der Waals surface area (Å²) in [5.41, 5.74) is 6.09. The Hall–Kier alpha value is -2.44. The molecule has 1 aliphatic rings. The second-order valence-corrected chi connectivity index (χ2v) is 7.01. The molecule has 0 unspecified atom stereocenters. The van der Waals surface area contributed by atoms with Crippen LogP contribution >= 0.6 is 0 Å². The molecule has 3 heterocycles. The minimum absolute atomic E-state index is 0.0324. The number of fused-ring (bicyclic) bond motifs is 2. The number of aliphatic hydroxyl groups is 1. The molecule has 0 saturated carbocycles. The molecule has 2 N–H and O–H groups in total. The van der Waals surface area contributed by atoms with Crippen LogP contribution in [0.4, 0.5) is 0 Å². The molecule has 0 amide bonds. The number of aromatic nitrogens is 3. The normalized spacial score (nSPS) is 14.7. The average molecular weight is 352 g/mol. The highest BCUT2D eigenvalue weighted by Crippen LogP contribution is 2.24. The minimum atomic E-state index is -0.0324. The van der Waals surface area contributed by atoms with Crippen molar-refractivity contribution in [2.45, 2.75) is 46.5 Å². The number of benzene rings is 1. The van der Waals surface area contributed by atoms with Gasteiger partial charge in [0.25, 0.3) is 0 Å². The first-order chi connectivity index (χ1) is 12.6. The molecule has 1 aromatic carbocycles. The molecule has 1 aliphatic heterocycles. The van der Waals surface area contributed by atoms with Crippen molar-refractivity contribution in [3.63, 3.8) is 0 Å². The number of H-pyrrole nitrogens is 1. The molecule has 4 rings (SSSR count). The summed E-state index contributed by atoms with van der Waals surface area (Å²) in [5, 5.41) is 14.9. The van der Waals surface area contributed by atoms with Crippen LogP contribution < -0.4 is 5.43 Å². The Morgan fingerprint density at radius 3 is 2.92 bits per heavy atom. The zero-order chi connectivity index (χ0) is 18.3. The van der Waals surface area contributed by atoms with Gasteiger partial charge in [0.05, 0.1) is 12.3 Å². The van der Waals surface area contributed by atoms with Gasteiger partial charge in [0.1, 0.15) is 0 Å². The van der Waals surface area contributed by atoms with E-state index in [1.165, 1.54) is 5.69 Å². The molecule has 0 bridgehead atoms. The quantitative estimate of drug-likeness (QED) is 0.754. The highest BCUT2D eigenvalue weighted by Gasteiger charge is 2.24. The fraction of sp³-hybridized carbons (Fsp3) is 0.400. The summed E-state index contributed by atoms with van der Waals surface area (Å²) < 4.78 is 2.00. The van der Waals surface area contributed by atoms with Gasteiger partial charge >= 0.3 is 0 Å². The Morgan fingerprint density at radius 2 is 2.15 bits per heavy atom. The molecular weight excluding hydrogens is 328 g/mol. The number of aromatic amines is 1. The number of hydrogen-bond acceptors (Lipinski definition) is 4. The van der Waals surface area contributed by atoms with Crippen LogP contribution in [0.1, 0.15) is 35.1 Å². The van der Waals surface area contributed by atoms with Gasteiger partial charge in [0.15, 0.2) is 5.43 Å². The first-order valence-corrected chi connectivity index (χ1v) is 9.12. The molecule has 0 spiro atoms.